The van der Waals surface area contributed by atoms with E-state index in [0.29, 0.717) is 38.1 Å². The molecule has 6 heteroatoms. The summed E-state index contributed by atoms with van der Waals surface area (Å²) in [5.41, 5.74) is 1.64. The molecule has 168 valence electrons. The van der Waals surface area contributed by atoms with Crippen LogP contribution >= 0.6 is 11.8 Å². The second-order valence-corrected chi connectivity index (χ2v) is 9.17. The Kier molecular flexibility index (Phi) is 10.9. The Hall–Kier alpha value is -0.720. The summed E-state index contributed by atoms with van der Waals surface area (Å²) in [5, 5.41) is 0. The number of esters is 1. The molecule has 1 aliphatic heterocycles. The molecule has 0 spiro atoms. The minimum absolute atomic E-state index is 0.0902. The Bertz CT molecular complexity index is 535. The van der Waals surface area contributed by atoms with Gasteiger partial charge in [-0.05, 0) is 69.6 Å². The Labute approximate surface area is 181 Å². The van der Waals surface area contributed by atoms with Crippen LogP contribution in [0.3, 0.4) is 0 Å². The van der Waals surface area contributed by atoms with Crippen molar-refractivity contribution >= 4 is 17.7 Å². The molecule has 0 aromatic rings. The van der Waals surface area contributed by atoms with E-state index in [1.807, 2.05) is 32.5 Å². The lowest BCUT2D eigenvalue weighted by molar-refractivity contribution is -0.150. The summed E-state index contributed by atoms with van der Waals surface area (Å²) < 4.78 is 23.1. The third kappa shape index (κ3) is 7.18. The SMILES string of the molecule is CCCSC1CC(CC)C2=C(CC(C(=O)OCC)CC2CCOC(C)OCC)O1. The Morgan fingerprint density at radius 2 is 1.93 bits per heavy atom. The molecule has 2 aliphatic rings. The summed E-state index contributed by atoms with van der Waals surface area (Å²) >= 11 is 1.91. The third-order valence-electron chi connectivity index (χ3n) is 5.79. The third-order valence-corrected chi connectivity index (χ3v) is 7.10. The average molecular weight is 429 g/mol. The number of hydrogen-bond donors (Lipinski definition) is 0. The highest BCUT2D eigenvalue weighted by Gasteiger charge is 2.41. The smallest absolute Gasteiger partial charge is 0.309 e. The first-order valence-electron chi connectivity index (χ1n) is 11.4. The van der Waals surface area contributed by atoms with Crippen molar-refractivity contribution in [1.82, 2.24) is 0 Å². The van der Waals surface area contributed by atoms with Crippen LogP contribution in [-0.4, -0.2) is 43.3 Å². The van der Waals surface area contributed by atoms with Gasteiger partial charge in [0.15, 0.2) is 6.29 Å². The maximum atomic E-state index is 12.5. The van der Waals surface area contributed by atoms with E-state index < -0.39 is 0 Å². The number of carbonyl (C=O) groups is 1. The molecule has 0 radical (unpaired) electrons. The molecule has 5 nitrogen and oxygen atoms in total. The predicted molar refractivity (Wildman–Crippen MR) is 118 cm³/mol. The quantitative estimate of drug-likeness (QED) is 0.301. The van der Waals surface area contributed by atoms with Crippen LogP contribution in [0.4, 0.5) is 0 Å². The summed E-state index contributed by atoms with van der Waals surface area (Å²) in [4.78, 5) is 12.5. The highest BCUT2D eigenvalue weighted by atomic mass is 32.2. The van der Waals surface area contributed by atoms with Gasteiger partial charge in [-0.15, -0.1) is 11.8 Å². The van der Waals surface area contributed by atoms with E-state index in [-0.39, 0.29) is 23.6 Å². The maximum Gasteiger partial charge on any atom is 0.309 e. The van der Waals surface area contributed by atoms with Crippen molar-refractivity contribution in [2.75, 3.05) is 25.6 Å². The van der Waals surface area contributed by atoms with Gasteiger partial charge >= 0.3 is 5.97 Å². The van der Waals surface area contributed by atoms with Gasteiger partial charge in [0.1, 0.15) is 5.44 Å². The Morgan fingerprint density at radius 1 is 1.14 bits per heavy atom. The summed E-state index contributed by atoms with van der Waals surface area (Å²) in [6, 6.07) is 0. The summed E-state index contributed by atoms with van der Waals surface area (Å²) in [7, 11) is 0. The number of allylic oxidation sites excluding steroid dienone is 2. The Balaban J connectivity index is 2.15. The van der Waals surface area contributed by atoms with Crippen molar-refractivity contribution in [3.63, 3.8) is 0 Å². The van der Waals surface area contributed by atoms with Crippen LogP contribution in [0, 0.1) is 17.8 Å². The topological polar surface area (TPSA) is 54.0 Å². The largest absolute Gasteiger partial charge is 0.484 e. The van der Waals surface area contributed by atoms with E-state index in [4.69, 9.17) is 18.9 Å². The lowest BCUT2D eigenvalue weighted by atomic mass is 9.71. The van der Waals surface area contributed by atoms with E-state index in [9.17, 15) is 4.79 Å². The van der Waals surface area contributed by atoms with Crippen LogP contribution in [0.15, 0.2) is 11.3 Å². The molecular formula is C23H40O5S. The molecule has 1 heterocycles. The van der Waals surface area contributed by atoms with Gasteiger partial charge in [-0.2, -0.15) is 0 Å². The molecule has 0 aromatic heterocycles. The molecule has 29 heavy (non-hydrogen) atoms. The molecule has 2 rings (SSSR count). The fourth-order valence-electron chi connectivity index (χ4n) is 4.48. The molecule has 5 unspecified atom stereocenters. The second kappa shape index (κ2) is 12.9. The first-order valence-corrected chi connectivity index (χ1v) is 12.5. The lowest BCUT2D eigenvalue weighted by Crippen LogP contribution is -2.35. The highest BCUT2D eigenvalue weighted by Crippen LogP contribution is 2.47. The molecule has 0 saturated heterocycles. The van der Waals surface area contributed by atoms with Crippen LogP contribution in [0.2, 0.25) is 0 Å². The monoisotopic (exact) mass is 428 g/mol. The predicted octanol–water partition coefficient (Wildman–Crippen LogP) is 5.53. The van der Waals surface area contributed by atoms with Gasteiger partial charge in [-0.3, -0.25) is 4.79 Å². The summed E-state index contributed by atoms with van der Waals surface area (Å²) in [6.45, 7) is 11.9. The Morgan fingerprint density at radius 3 is 2.59 bits per heavy atom. The van der Waals surface area contributed by atoms with Crippen LogP contribution in [0.5, 0.6) is 0 Å². The number of ether oxygens (including phenoxy) is 4. The minimum atomic E-state index is -0.197. The van der Waals surface area contributed by atoms with Crippen LogP contribution in [0.25, 0.3) is 0 Å². The molecule has 1 aliphatic carbocycles. The first kappa shape index (κ1) is 24.5. The molecule has 0 amide bonds. The zero-order valence-corrected chi connectivity index (χ0v) is 19.7. The van der Waals surface area contributed by atoms with E-state index in [0.717, 1.165) is 43.6 Å². The van der Waals surface area contributed by atoms with Gasteiger partial charge in [0.05, 0.1) is 24.9 Å². The van der Waals surface area contributed by atoms with Gasteiger partial charge in [0.25, 0.3) is 0 Å². The van der Waals surface area contributed by atoms with Crippen LogP contribution in [-0.2, 0) is 23.7 Å². The van der Waals surface area contributed by atoms with Crippen molar-refractivity contribution in [2.45, 2.75) is 84.9 Å². The van der Waals surface area contributed by atoms with Crippen molar-refractivity contribution in [3.05, 3.63) is 11.3 Å². The van der Waals surface area contributed by atoms with Gasteiger partial charge in [-0.1, -0.05) is 13.8 Å². The normalized spacial score (nSPS) is 27.9. The lowest BCUT2D eigenvalue weighted by Gasteiger charge is -2.42. The van der Waals surface area contributed by atoms with Crippen molar-refractivity contribution in [2.24, 2.45) is 17.8 Å². The number of carbonyl (C=O) groups excluding carboxylic acids is 1. The van der Waals surface area contributed by atoms with Crippen LogP contribution < -0.4 is 0 Å². The van der Waals surface area contributed by atoms with E-state index >= 15 is 0 Å². The van der Waals surface area contributed by atoms with Gasteiger partial charge in [0, 0.05) is 19.4 Å². The fourth-order valence-corrected chi connectivity index (χ4v) is 5.53. The second-order valence-electron chi connectivity index (χ2n) is 7.91. The standard InChI is InChI=1S/C23H40O5S/c1-6-12-29-21-15-17(7-2)22-18(10-11-27-16(5)25-8-3)13-19(14-20(22)28-21)23(24)26-9-4/h16-19,21H,6-15H2,1-5H3. The molecular weight excluding hydrogens is 388 g/mol. The zero-order chi connectivity index (χ0) is 21.2. The molecule has 0 saturated carbocycles. The van der Waals surface area contributed by atoms with E-state index in [2.05, 4.69) is 13.8 Å². The van der Waals surface area contributed by atoms with Gasteiger partial charge in [0.2, 0.25) is 0 Å². The number of rotatable bonds is 12. The van der Waals surface area contributed by atoms with Crippen molar-refractivity contribution in [1.29, 1.82) is 0 Å². The summed E-state index contributed by atoms with van der Waals surface area (Å²) in [5.74, 6) is 2.80. The van der Waals surface area contributed by atoms with Gasteiger partial charge in [-0.25, -0.2) is 0 Å². The minimum Gasteiger partial charge on any atom is -0.484 e. The maximum absolute atomic E-state index is 12.5. The highest BCUT2D eigenvalue weighted by molar-refractivity contribution is 7.99. The van der Waals surface area contributed by atoms with Gasteiger partial charge < -0.3 is 18.9 Å². The number of hydrogen-bond acceptors (Lipinski definition) is 6. The van der Waals surface area contributed by atoms with Crippen molar-refractivity contribution < 1.29 is 23.7 Å². The fraction of sp³-hybridized carbons (Fsp3) is 0.870. The molecule has 0 N–H and O–H groups in total. The summed E-state index contributed by atoms with van der Waals surface area (Å²) in [6.07, 6.45) is 5.53. The van der Waals surface area contributed by atoms with E-state index in [1.54, 1.807) is 0 Å². The van der Waals surface area contributed by atoms with Crippen LogP contribution in [0.1, 0.15) is 73.1 Å². The number of thioether (sulfide) groups is 1. The van der Waals surface area contributed by atoms with Crippen molar-refractivity contribution in [3.8, 4) is 0 Å². The molecule has 0 aromatic carbocycles. The van der Waals surface area contributed by atoms with E-state index in [1.165, 1.54) is 5.57 Å². The molecule has 0 bridgehead atoms. The first-order chi connectivity index (χ1) is 14.0. The molecule has 5 atom stereocenters. The zero-order valence-electron chi connectivity index (χ0n) is 18.9. The average Bonchev–Trinajstić information content (AvgIpc) is 2.71. The molecule has 0 fully saturated rings.